The molecule has 23 heavy (non-hydrogen) atoms. The van der Waals surface area contributed by atoms with Crippen LogP contribution in [0, 0.1) is 11.8 Å². The smallest absolute Gasteiger partial charge is 0.226 e. The number of rotatable bonds is 4. The summed E-state index contributed by atoms with van der Waals surface area (Å²) < 4.78 is 0. The van der Waals surface area contributed by atoms with Gasteiger partial charge in [-0.15, -0.1) is 0 Å². The number of nitrogens with zero attached hydrogens (tertiary/aromatic N) is 3. The van der Waals surface area contributed by atoms with E-state index in [1.165, 1.54) is 50.9 Å². The molecule has 1 aliphatic carbocycles. The summed E-state index contributed by atoms with van der Waals surface area (Å²) in [5.41, 5.74) is 1.23. The van der Waals surface area contributed by atoms with Crippen molar-refractivity contribution in [3.8, 4) is 0 Å². The summed E-state index contributed by atoms with van der Waals surface area (Å²) in [5.74, 6) is 1.82. The maximum absolute atomic E-state index is 12.7. The Bertz CT molecular complexity index is 533. The molecule has 124 valence electrons. The minimum Gasteiger partial charge on any atom is -0.342 e. The van der Waals surface area contributed by atoms with E-state index in [4.69, 9.17) is 0 Å². The van der Waals surface area contributed by atoms with E-state index in [-0.39, 0.29) is 5.92 Å². The van der Waals surface area contributed by atoms with Crippen LogP contribution in [0.4, 0.5) is 0 Å². The Morgan fingerprint density at radius 1 is 1.17 bits per heavy atom. The van der Waals surface area contributed by atoms with Crippen molar-refractivity contribution in [1.82, 2.24) is 14.8 Å². The van der Waals surface area contributed by atoms with Gasteiger partial charge in [-0.25, -0.2) is 0 Å². The number of amides is 1. The van der Waals surface area contributed by atoms with Crippen LogP contribution in [0.25, 0.3) is 0 Å². The number of pyridine rings is 1. The summed E-state index contributed by atoms with van der Waals surface area (Å²) in [7, 11) is 0. The van der Waals surface area contributed by atoms with Gasteiger partial charge < -0.3 is 9.80 Å². The van der Waals surface area contributed by atoms with Crippen molar-refractivity contribution in [2.24, 2.45) is 11.8 Å². The molecule has 4 rings (SSSR count). The molecular weight excluding hydrogens is 286 g/mol. The Morgan fingerprint density at radius 2 is 1.96 bits per heavy atom. The molecule has 0 bridgehead atoms. The molecule has 3 fully saturated rings. The van der Waals surface area contributed by atoms with E-state index in [1.54, 1.807) is 6.20 Å². The average molecular weight is 313 g/mol. The zero-order chi connectivity index (χ0) is 15.6. The highest BCUT2D eigenvalue weighted by Gasteiger charge is 2.46. The molecule has 0 radical (unpaired) electrons. The Balaban J connectivity index is 1.25. The number of carbonyl (C=O) groups excluding carboxylic acids is 1. The first kappa shape index (κ1) is 15.1. The van der Waals surface area contributed by atoms with E-state index in [1.807, 2.05) is 12.3 Å². The summed E-state index contributed by atoms with van der Waals surface area (Å²) >= 11 is 0. The highest BCUT2D eigenvalue weighted by atomic mass is 16.2. The lowest BCUT2D eigenvalue weighted by molar-refractivity contribution is -0.134. The molecule has 1 aromatic rings. The monoisotopic (exact) mass is 313 g/mol. The molecule has 2 saturated heterocycles. The molecule has 1 aromatic heterocycles. The molecule has 0 aromatic carbocycles. The van der Waals surface area contributed by atoms with Gasteiger partial charge in [0.05, 0.1) is 0 Å². The highest BCUT2D eigenvalue weighted by Crippen LogP contribution is 2.48. The fourth-order valence-electron chi connectivity index (χ4n) is 4.33. The summed E-state index contributed by atoms with van der Waals surface area (Å²) in [4.78, 5) is 21.6. The van der Waals surface area contributed by atoms with E-state index in [9.17, 15) is 4.79 Å². The van der Waals surface area contributed by atoms with E-state index in [2.05, 4.69) is 20.9 Å². The van der Waals surface area contributed by atoms with Crippen LogP contribution in [0.5, 0.6) is 0 Å². The topological polar surface area (TPSA) is 36.4 Å². The number of carbonyl (C=O) groups is 1. The van der Waals surface area contributed by atoms with Gasteiger partial charge in [0, 0.05) is 37.9 Å². The third kappa shape index (κ3) is 3.42. The van der Waals surface area contributed by atoms with Crippen LogP contribution < -0.4 is 0 Å². The summed E-state index contributed by atoms with van der Waals surface area (Å²) in [6, 6.07) is 4.08. The van der Waals surface area contributed by atoms with Crippen LogP contribution in [0.15, 0.2) is 24.5 Å². The highest BCUT2D eigenvalue weighted by molar-refractivity contribution is 5.83. The second kappa shape index (κ2) is 6.60. The van der Waals surface area contributed by atoms with Gasteiger partial charge >= 0.3 is 0 Å². The normalized spacial score (nSPS) is 29.0. The lowest BCUT2D eigenvalue weighted by atomic mass is 9.96. The largest absolute Gasteiger partial charge is 0.342 e. The molecule has 0 spiro atoms. The summed E-state index contributed by atoms with van der Waals surface area (Å²) in [5, 5.41) is 0. The predicted octanol–water partition coefficient (Wildman–Crippen LogP) is 2.52. The Morgan fingerprint density at radius 3 is 2.65 bits per heavy atom. The maximum Gasteiger partial charge on any atom is 0.226 e. The molecule has 1 amide bonds. The molecule has 3 aliphatic rings. The van der Waals surface area contributed by atoms with Crippen LogP contribution >= 0.6 is 0 Å². The molecule has 2 aliphatic heterocycles. The summed E-state index contributed by atoms with van der Waals surface area (Å²) in [6.07, 6.45) is 9.84. The Hall–Kier alpha value is -1.42. The van der Waals surface area contributed by atoms with Crippen molar-refractivity contribution in [3.63, 3.8) is 0 Å². The van der Waals surface area contributed by atoms with E-state index < -0.39 is 0 Å². The standard InChI is InChI=1S/C19H27N3O/c23-19(18-12-17(18)16-4-3-7-20-13-16)22-10-5-15(6-11-22)14-21-8-1-2-9-21/h3-4,7,13,15,17-18H,1-2,5-6,8-12,14H2. The second-order valence-electron chi connectivity index (χ2n) is 7.51. The zero-order valence-corrected chi connectivity index (χ0v) is 13.9. The number of likely N-dealkylation sites (tertiary alicyclic amines) is 2. The van der Waals surface area contributed by atoms with E-state index in [0.29, 0.717) is 11.8 Å². The van der Waals surface area contributed by atoms with Gasteiger partial charge in [-0.1, -0.05) is 6.07 Å². The van der Waals surface area contributed by atoms with Crippen LogP contribution in [0.3, 0.4) is 0 Å². The Labute approximate surface area is 138 Å². The quantitative estimate of drug-likeness (QED) is 0.857. The van der Waals surface area contributed by atoms with Crippen molar-refractivity contribution in [2.75, 3.05) is 32.7 Å². The average Bonchev–Trinajstić information content (AvgIpc) is 3.25. The van der Waals surface area contributed by atoms with Gasteiger partial charge in [0.25, 0.3) is 0 Å². The van der Waals surface area contributed by atoms with Crippen LogP contribution in [0.2, 0.25) is 0 Å². The van der Waals surface area contributed by atoms with Crippen LogP contribution in [0.1, 0.15) is 43.6 Å². The van der Waals surface area contributed by atoms with Gasteiger partial charge in [0.2, 0.25) is 5.91 Å². The molecule has 2 atom stereocenters. The SMILES string of the molecule is O=C(C1CC1c1cccnc1)N1CCC(CN2CCCC2)CC1. The second-order valence-corrected chi connectivity index (χ2v) is 7.51. The summed E-state index contributed by atoms with van der Waals surface area (Å²) in [6.45, 7) is 5.76. The van der Waals surface area contributed by atoms with Gasteiger partial charge in [0.1, 0.15) is 0 Å². The van der Waals surface area contributed by atoms with Crippen molar-refractivity contribution in [3.05, 3.63) is 30.1 Å². The van der Waals surface area contributed by atoms with Crippen molar-refractivity contribution < 1.29 is 4.79 Å². The van der Waals surface area contributed by atoms with Crippen molar-refractivity contribution in [2.45, 2.75) is 38.0 Å². The lowest BCUT2D eigenvalue weighted by Gasteiger charge is -2.34. The third-order valence-corrected chi connectivity index (χ3v) is 5.86. The molecule has 0 N–H and O–H groups in total. The van der Waals surface area contributed by atoms with Gasteiger partial charge in [-0.3, -0.25) is 9.78 Å². The van der Waals surface area contributed by atoms with Crippen LogP contribution in [-0.4, -0.2) is 53.4 Å². The van der Waals surface area contributed by atoms with Gasteiger partial charge in [-0.05, 0) is 68.7 Å². The first-order chi connectivity index (χ1) is 11.3. The number of piperidine rings is 1. The van der Waals surface area contributed by atoms with Crippen molar-refractivity contribution >= 4 is 5.91 Å². The minimum absolute atomic E-state index is 0.217. The van der Waals surface area contributed by atoms with Gasteiger partial charge in [0.15, 0.2) is 0 Å². The zero-order valence-electron chi connectivity index (χ0n) is 13.9. The fraction of sp³-hybridized carbons (Fsp3) is 0.684. The fourth-order valence-corrected chi connectivity index (χ4v) is 4.33. The van der Waals surface area contributed by atoms with Crippen molar-refractivity contribution in [1.29, 1.82) is 0 Å². The number of hydrogen-bond acceptors (Lipinski definition) is 3. The minimum atomic E-state index is 0.217. The molecule has 2 unspecified atom stereocenters. The Kier molecular flexibility index (Phi) is 4.34. The molecule has 1 saturated carbocycles. The third-order valence-electron chi connectivity index (χ3n) is 5.86. The van der Waals surface area contributed by atoms with E-state index in [0.717, 1.165) is 25.4 Å². The van der Waals surface area contributed by atoms with Crippen LogP contribution in [-0.2, 0) is 4.79 Å². The molecule has 4 heteroatoms. The predicted molar refractivity (Wildman–Crippen MR) is 90.1 cm³/mol. The first-order valence-corrected chi connectivity index (χ1v) is 9.22. The lowest BCUT2D eigenvalue weighted by Crippen LogP contribution is -2.42. The van der Waals surface area contributed by atoms with E-state index >= 15 is 0 Å². The molecular formula is C19H27N3O. The number of aromatic nitrogens is 1. The molecule has 3 heterocycles. The first-order valence-electron chi connectivity index (χ1n) is 9.22. The molecule has 4 nitrogen and oxygen atoms in total. The maximum atomic E-state index is 12.7. The number of hydrogen-bond donors (Lipinski definition) is 0. The van der Waals surface area contributed by atoms with Gasteiger partial charge in [-0.2, -0.15) is 0 Å².